The summed E-state index contributed by atoms with van der Waals surface area (Å²) < 4.78 is 1.52. The van der Waals surface area contributed by atoms with Crippen LogP contribution >= 0.6 is 11.3 Å². The lowest BCUT2D eigenvalue weighted by atomic mass is 10.4. The summed E-state index contributed by atoms with van der Waals surface area (Å²) in [7, 11) is 1.73. The molecule has 0 bridgehead atoms. The van der Waals surface area contributed by atoms with Gasteiger partial charge in [-0.3, -0.25) is 4.79 Å². The van der Waals surface area contributed by atoms with Crippen LogP contribution in [-0.2, 0) is 13.6 Å². The molecular weight excluding hydrogens is 214 g/mol. The third-order valence-corrected chi connectivity index (χ3v) is 2.73. The lowest BCUT2D eigenvalue weighted by Gasteiger charge is -2.01. The van der Waals surface area contributed by atoms with Crippen molar-refractivity contribution in [3.8, 4) is 0 Å². The van der Waals surface area contributed by atoms with E-state index < -0.39 is 0 Å². The van der Waals surface area contributed by atoms with Crippen molar-refractivity contribution < 1.29 is 4.79 Å². The molecule has 0 spiro atoms. The lowest BCUT2D eigenvalue weighted by molar-refractivity contribution is 0.0953. The van der Waals surface area contributed by atoms with Crippen molar-refractivity contribution in [1.29, 1.82) is 0 Å². The molecule has 0 unspecified atom stereocenters. The van der Waals surface area contributed by atoms with Gasteiger partial charge in [-0.25, -0.2) is 4.68 Å². The summed E-state index contributed by atoms with van der Waals surface area (Å²) in [5, 5.41) is 15.5. The molecular formula is C8H9N5OS. The van der Waals surface area contributed by atoms with Crippen LogP contribution in [0.1, 0.15) is 15.5 Å². The molecule has 1 N–H and O–H groups in total. The van der Waals surface area contributed by atoms with E-state index in [9.17, 15) is 4.79 Å². The third kappa shape index (κ3) is 2.18. The van der Waals surface area contributed by atoms with Gasteiger partial charge in [0.05, 0.1) is 11.4 Å². The lowest BCUT2D eigenvalue weighted by Crippen LogP contribution is -2.23. The number of hydrogen-bond acceptors (Lipinski definition) is 5. The molecule has 6 nitrogen and oxygen atoms in total. The Morgan fingerprint density at radius 1 is 1.67 bits per heavy atom. The summed E-state index contributed by atoms with van der Waals surface area (Å²) in [5.41, 5.74) is 0. The second-order valence-electron chi connectivity index (χ2n) is 2.88. The minimum Gasteiger partial charge on any atom is -0.344 e. The van der Waals surface area contributed by atoms with E-state index in [2.05, 4.69) is 20.8 Å². The first-order chi connectivity index (χ1) is 7.27. The van der Waals surface area contributed by atoms with Gasteiger partial charge in [0.1, 0.15) is 0 Å². The molecule has 15 heavy (non-hydrogen) atoms. The van der Waals surface area contributed by atoms with E-state index >= 15 is 0 Å². The van der Waals surface area contributed by atoms with Crippen LogP contribution in [0.15, 0.2) is 17.5 Å². The maximum Gasteiger partial charge on any atom is 0.261 e. The zero-order chi connectivity index (χ0) is 10.7. The number of tetrazole rings is 1. The highest BCUT2D eigenvalue weighted by Gasteiger charge is 2.08. The Kier molecular flexibility index (Phi) is 2.72. The number of carbonyl (C=O) groups excluding carboxylic acids is 1. The third-order valence-electron chi connectivity index (χ3n) is 1.86. The highest BCUT2D eigenvalue weighted by molar-refractivity contribution is 7.12. The summed E-state index contributed by atoms with van der Waals surface area (Å²) in [6.07, 6.45) is 0. The molecule has 2 rings (SSSR count). The first-order valence-electron chi connectivity index (χ1n) is 4.30. The molecule has 0 radical (unpaired) electrons. The van der Waals surface area contributed by atoms with Gasteiger partial charge in [-0.1, -0.05) is 6.07 Å². The Labute approximate surface area is 89.9 Å². The fraction of sp³-hybridized carbons (Fsp3) is 0.250. The van der Waals surface area contributed by atoms with Crippen LogP contribution in [-0.4, -0.2) is 26.1 Å². The minimum atomic E-state index is -0.104. The highest BCUT2D eigenvalue weighted by atomic mass is 32.1. The molecule has 0 saturated carbocycles. The summed E-state index contributed by atoms with van der Waals surface area (Å²) in [6.45, 7) is 0.334. The van der Waals surface area contributed by atoms with Gasteiger partial charge < -0.3 is 5.32 Å². The topological polar surface area (TPSA) is 72.7 Å². The normalized spacial score (nSPS) is 10.2. The van der Waals surface area contributed by atoms with Crippen molar-refractivity contribution in [2.24, 2.45) is 7.05 Å². The zero-order valence-electron chi connectivity index (χ0n) is 8.04. The van der Waals surface area contributed by atoms with Gasteiger partial charge in [0.25, 0.3) is 5.91 Å². The summed E-state index contributed by atoms with van der Waals surface area (Å²) in [5.74, 6) is 0.521. The fourth-order valence-electron chi connectivity index (χ4n) is 1.05. The summed E-state index contributed by atoms with van der Waals surface area (Å²) in [6, 6.07) is 3.61. The van der Waals surface area contributed by atoms with Crippen molar-refractivity contribution in [2.75, 3.05) is 0 Å². The number of nitrogens with one attached hydrogen (secondary N) is 1. The van der Waals surface area contributed by atoms with E-state index in [1.54, 1.807) is 13.1 Å². The van der Waals surface area contributed by atoms with Crippen molar-refractivity contribution in [1.82, 2.24) is 25.5 Å². The van der Waals surface area contributed by atoms with Crippen LogP contribution in [0.5, 0.6) is 0 Å². The van der Waals surface area contributed by atoms with Crippen LogP contribution in [0.2, 0.25) is 0 Å². The maximum atomic E-state index is 11.5. The number of aryl methyl sites for hydroxylation is 1. The molecule has 2 heterocycles. The highest BCUT2D eigenvalue weighted by Crippen LogP contribution is 2.07. The molecule has 0 aliphatic carbocycles. The molecule has 0 aliphatic rings. The average molecular weight is 223 g/mol. The standard InChI is InChI=1S/C8H9N5OS/c1-13-7(10-11-12-13)5-9-8(14)6-3-2-4-15-6/h2-4H,5H2,1H3,(H,9,14). The van der Waals surface area contributed by atoms with E-state index in [4.69, 9.17) is 0 Å². The smallest absolute Gasteiger partial charge is 0.261 e. The van der Waals surface area contributed by atoms with E-state index in [-0.39, 0.29) is 5.91 Å². The predicted octanol–water partition coefficient (Wildman–Crippen LogP) is 0.202. The molecule has 0 saturated heterocycles. The summed E-state index contributed by atoms with van der Waals surface area (Å²) in [4.78, 5) is 12.2. The van der Waals surface area contributed by atoms with E-state index in [1.165, 1.54) is 16.0 Å². The Morgan fingerprint density at radius 2 is 2.53 bits per heavy atom. The maximum absolute atomic E-state index is 11.5. The largest absolute Gasteiger partial charge is 0.344 e. The van der Waals surface area contributed by atoms with Crippen molar-refractivity contribution in [3.63, 3.8) is 0 Å². The predicted molar refractivity (Wildman–Crippen MR) is 54.3 cm³/mol. The Morgan fingerprint density at radius 3 is 3.13 bits per heavy atom. The number of thiophene rings is 1. The molecule has 2 aromatic rings. The van der Waals surface area contributed by atoms with Crippen LogP contribution in [0.3, 0.4) is 0 Å². The number of rotatable bonds is 3. The molecule has 1 amide bonds. The second kappa shape index (κ2) is 4.18. The SMILES string of the molecule is Cn1nnnc1CNC(=O)c1cccs1. The zero-order valence-corrected chi connectivity index (χ0v) is 8.86. The number of aromatic nitrogens is 4. The van der Waals surface area contributed by atoms with Gasteiger partial charge in [-0.05, 0) is 21.9 Å². The van der Waals surface area contributed by atoms with Gasteiger partial charge in [-0.15, -0.1) is 16.4 Å². The van der Waals surface area contributed by atoms with Gasteiger partial charge in [0.2, 0.25) is 0 Å². The van der Waals surface area contributed by atoms with Crippen LogP contribution in [0, 0.1) is 0 Å². The average Bonchev–Trinajstić information content (AvgIpc) is 2.85. The molecule has 0 aromatic carbocycles. The van der Waals surface area contributed by atoms with E-state index in [0.717, 1.165) is 0 Å². The molecule has 7 heteroatoms. The van der Waals surface area contributed by atoms with Gasteiger partial charge in [-0.2, -0.15) is 0 Å². The van der Waals surface area contributed by atoms with Crippen molar-refractivity contribution >= 4 is 17.2 Å². The first-order valence-corrected chi connectivity index (χ1v) is 5.18. The number of hydrogen-bond donors (Lipinski definition) is 1. The van der Waals surface area contributed by atoms with Crippen LogP contribution in [0.25, 0.3) is 0 Å². The number of amides is 1. The number of carbonyl (C=O) groups is 1. The Balaban J connectivity index is 1.95. The van der Waals surface area contributed by atoms with E-state index in [1.807, 2.05) is 11.4 Å². The Hall–Kier alpha value is -1.76. The number of nitrogens with zero attached hydrogens (tertiary/aromatic N) is 4. The van der Waals surface area contributed by atoms with Gasteiger partial charge in [0.15, 0.2) is 5.82 Å². The monoisotopic (exact) mass is 223 g/mol. The van der Waals surface area contributed by atoms with Crippen molar-refractivity contribution in [2.45, 2.75) is 6.54 Å². The van der Waals surface area contributed by atoms with Crippen molar-refractivity contribution in [3.05, 3.63) is 28.2 Å². The van der Waals surface area contributed by atoms with Gasteiger partial charge in [0, 0.05) is 7.05 Å². The van der Waals surface area contributed by atoms with Gasteiger partial charge >= 0.3 is 0 Å². The molecule has 0 aliphatic heterocycles. The molecule has 0 atom stereocenters. The Bertz CT molecular complexity index is 449. The minimum absolute atomic E-state index is 0.104. The first kappa shape index (κ1) is 9.78. The molecule has 78 valence electrons. The second-order valence-corrected chi connectivity index (χ2v) is 3.83. The van der Waals surface area contributed by atoms with E-state index in [0.29, 0.717) is 17.2 Å². The quantitative estimate of drug-likeness (QED) is 0.806. The fourth-order valence-corrected chi connectivity index (χ4v) is 1.69. The van der Waals surface area contributed by atoms with Crippen LogP contribution in [0.4, 0.5) is 0 Å². The molecule has 2 aromatic heterocycles. The summed E-state index contributed by atoms with van der Waals surface area (Å²) >= 11 is 1.40. The van der Waals surface area contributed by atoms with Crippen LogP contribution < -0.4 is 5.32 Å². The molecule has 0 fully saturated rings.